The van der Waals surface area contributed by atoms with E-state index in [1.807, 2.05) is 30.3 Å². The Morgan fingerprint density at radius 1 is 1.09 bits per heavy atom. The normalized spacial score (nSPS) is 17.7. The van der Waals surface area contributed by atoms with E-state index in [0.717, 1.165) is 5.56 Å². The van der Waals surface area contributed by atoms with Crippen LogP contribution in [-0.2, 0) is 21.2 Å². The van der Waals surface area contributed by atoms with Gasteiger partial charge in [0.1, 0.15) is 4.90 Å². The van der Waals surface area contributed by atoms with Crippen molar-refractivity contribution < 1.29 is 13.2 Å². The van der Waals surface area contributed by atoms with Gasteiger partial charge in [0.25, 0.3) is 0 Å². The Kier molecular flexibility index (Phi) is 4.75. The first-order valence-electron chi connectivity index (χ1n) is 7.65. The van der Waals surface area contributed by atoms with Crippen molar-refractivity contribution in [3.05, 3.63) is 60.4 Å². The largest absolute Gasteiger partial charge is 0.381 e. The van der Waals surface area contributed by atoms with Crippen LogP contribution in [0.5, 0.6) is 0 Å². The Morgan fingerprint density at radius 3 is 2.48 bits per heavy atom. The average molecular weight is 332 g/mol. The monoisotopic (exact) mass is 332 g/mol. The summed E-state index contributed by atoms with van der Waals surface area (Å²) in [4.78, 5) is 4.10. The number of benzene rings is 1. The molecule has 0 spiro atoms. The summed E-state index contributed by atoms with van der Waals surface area (Å²) < 4.78 is 33.8. The molecule has 122 valence electrons. The maximum Gasteiger partial charge on any atom is 0.242 e. The van der Waals surface area contributed by atoms with E-state index in [9.17, 15) is 8.42 Å². The highest BCUT2D eigenvalue weighted by atomic mass is 32.2. The molecule has 0 saturated carbocycles. The minimum Gasteiger partial charge on any atom is -0.381 e. The third-order valence-corrected chi connectivity index (χ3v) is 5.69. The summed E-state index contributed by atoms with van der Waals surface area (Å²) in [5.41, 5.74) is 0.595. The van der Waals surface area contributed by atoms with Crippen LogP contribution in [0.2, 0.25) is 0 Å². The van der Waals surface area contributed by atoms with Crippen LogP contribution in [0.15, 0.2) is 59.8 Å². The highest BCUT2D eigenvalue weighted by Gasteiger charge is 2.37. The van der Waals surface area contributed by atoms with E-state index in [1.165, 1.54) is 6.20 Å². The smallest absolute Gasteiger partial charge is 0.242 e. The number of hydrogen-bond acceptors (Lipinski definition) is 4. The number of hydrogen-bond donors (Lipinski definition) is 1. The summed E-state index contributed by atoms with van der Waals surface area (Å²) in [5, 5.41) is 0. The molecule has 3 rings (SSSR count). The minimum atomic E-state index is -3.61. The number of ether oxygens (including phenoxy) is 1. The third kappa shape index (κ3) is 3.96. The molecule has 0 aliphatic carbocycles. The van der Waals surface area contributed by atoms with Gasteiger partial charge in [-0.2, -0.15) is 0 Å². The molecule has 1 saturated heterocycles. The molecule has 2 heterocycles. The molecule has 0 radical (unpaired) electrons. The van der Waals surface area contributed by atoms with Gasteiger partial charge in [0, 0.05) is 31.1 Å². The number of pyridine rings is 1. The molecule has 1 aliphatic heterocycles. The fraction of sp³-hybridized carbons (Fsp3) is 0.353. The first kappa shape index (κ1) is 16.1. The van der Waals surface area contributed by atoms with Crippen LogP contribution in [0.4, 0.5) is 0 Å². The molecule has 0 amide bonds. The van der Waals surface area contributed by atoms with Crippen molar-refractivity contribution in [1.29, 1.82) is 0 Å². The summed E-state index contributed by atoms with van der Waals surface area (Å²) in [6, 6.07) is 13.1. The second-order valence-electron chi connectivity index (χ2n) is 5.85. The Morgan fingerprint density at radius 2 is 1.83 bits per heavy atom. The third-order valence-electron chi connectivity index (χ3n) is 4.13. The van der Waals surface area contributed by atoms with Crippen LogP contribution >= 0.6 is 0 Å². The molecule has 5 nitrogen and oxygen atoms in total. The molecule has 0 bridgehead atoms. The van der Waals surface area contributed by atoms with Crippen molar-refractivity contribution in [2.24, 2.45) is 0 Å². The molecule has 6 heteroatoms. The fourth-order valence-electron chi connectivity index (χ4n) is 2.91. The van der Waals surface area contributed by atoms with Gasteiger partial charge in [0.2, 0.25) is 10.0 Å². The van der Waals surface area contributed by atoms with Crippen LogP contribution in [-0.4, -0.2) is 32.2 Å². The van der Waals surface area contributed by atoms with E-state index in [1.54, 1.807) is 18.3 Å². The van der Waals surface area contributed by atoms with Gasteiger partial charge in [0.15, 0.2) is 0 Å². The second-order valence-corrected chi connectivity index (χ2v) is 7.53. The zero-order chi connectivity index (χ0) is 16.2. The second kappa shape index (κ2) is 6.78. The van der Waals surface area contributed by atoms with Gasteiger partial charge < -0.3 is 4.74 Å². The predicted molar refractivity (Wildman–Crippen MR) is 87.5 cm³/mol. The lowest BCUT2D eigenvalue weighted by Crippen LogP contribution is -2.53. The Balaban J connectivity index is 1.87. The van der Waals surface area contributed by atoms with E-state index < -0.39 is 15.6 Å². The molecule has 1 N–H and O–H groups in total. The average Bonchev–Trinajstić information content (AvgIpc) is 2.57. The molecule has 1 aromatic heterocycles. The molecular weight excluding hydrogens is 312 g/mol. The number of sulfonamides is 1. The lowest BCUT2D eigenvalue weighted by atomic mass is 9.85. The minimum absolute atomic E-state index is 0.193. The van der Waals surface area contributed by atoms with Crippen molar-refractivity contribution in [3.63, 3.8) is 0 Å². The van der Waals surface area contributed by atoms with Crippen LogP contribution < -0.4 is 4.72 Å². The van der Waals surface area contributed by atoms with E-state index in [-0.39, 0.29) is 4.90 Å². The van der Waals surface area contributed by atoms with Crippen LogP contribution in [0.3, 0.4) is 0 Å². The van der Waals surface area contributed by atoms with Crippen molar-refractivity contribution in [2.45, 2.75) is 29.7 Å². The van der Waals surface area contributed by atoms with Gasteiger partial charge in [-0.1, -0.05) is 30.3 Å². The highest BCUT2D eigenvalue weighted by Crippen LogP contribution is 2.27. The molecule has 1 aromatic carbocycles. The number of nitrogens with zero attached hydrogens (tertiary/aromatic N) is 1. The van der Waals surface area contributed by atoms with Gasteiger partial charge >= 0.3 is 0 Å². The number of rotatable bonds is 5. The van der Waals surface area contributed by atoms with E-state index >= 15 is 0 Å². The molecule has 2 aromatic rings. The molecule has 1 fully saturated rings. The quantitative estimate of drug-likeness (QED) is 0.911. The zero-order valence-corrected chi connectivity index (χ0v) is 13.6. The van der Waals surface area contributed by atoms with E-state index in [2.05, 4.69) is 9.71 Å². The first-order chi connectivity index (χ1) is 11.1. The Bertz CT molecular complexity index is 727. The molecule has 0 unspecified atom stereocenters. The lowest BCUT2D eigenvalue weighted by Gasteiger charge is -2.37. The van der Waals surface area contributed by atoms with Crippen molar-refractivity contribution in [3.8, 4) is 0 Å². The first-order valence-corrected chi connectivity index (χ1v) is 9.14. The zero-order valence-electron chi connectivity index (χ0n) is 12.8. The van der Waals surface area contributed by atoms with Gasteiger partial charge in [-0.05, 0) is 37.0 Å². The maximum atomic E-state index is 12.7. The fourth-order valence-corrected chi connectivity index (χ4v) is 4.34. The maximum absolute atomic E-state index is 12.7. The topological polar surface area (TPSA) is 68.3 Å². The summed E-state index contributed by atoms with van der Waals surface area (Å²) in [7, 11) is -3.61. The molecule has 0 atom stereocenters. The SMILES string of the molecule is O=S(=O)(NC1(Cc2ccccc2)CCOCC1)c1cccnc1. The van der Waals surface area contributed by atoms with E-state index in [4.69, 9.17) is 4.74 Å². The van der Waals surface area contributed by atoms with Crippen molar-refractivity contribution in [1.82, 2.24) is 9.71 Å². The standard InChI is InChI=1S/C17H20N2O3S/c20-23(21,16-7-4-10-18-14-16)19-17(8-11-22-12-9-17)13-15-5-2-1-3-6-15/h1-7,10,14,19H,8-9,11-13H2. The van der Waals surface area contributed by atoms with Gasteiger partial charge in [0.05, 0.1) is 0 Å². The number of nitrogens with one attached hydrogen (secondary N) is 1. The highest BCUT2D eigenvalue weighted by molar-refractivity contribution is 7.89. The summed E-state index contributed by atoms with van der Waals surface area (Å²) in [5.74, 6) is 0. The molecule has 1 aliphatic rings. The van der Waals surface area contributed by atoms with Crippen LogP contribution in [0, 0.1) is 0 Å². The summed E-state index contributed by atoms with van der Waals surface area (Å²) >= 11 is 0. The van der Waals surface area contributed by atoms with E-state index in [0.29, 0.717) is 32.5 Å². The van der Waals surface area contributed by atoms with Crippen molar-refractivity contribution >= 4 is 10.0 Å². The summed E-state index contributed by atoms with van der Waals surface area (Å²) in [6.07, 6.45) is 4.89. The Labute approximate surface area is 136 Å². The Hall–Kier alpha value is -1.76. The van der Waals surface area contributed by atoms with Gasteiger partial charge in [-0.15, -0.1) is 0 Å². The lowest BCUT2D eigenvalue weighted by molar-refractivity contribution is 0.0472. The predicted octanol–water partition coefficient (Wildman–Crippen LogP) is 2.15. The van der Waals surface area contributed by atoms with Crippen molar-refractivity contribution in [2.75, 3.05) is 13.2 Å². The van der Waals surface area contributed by atoms with Crippen LogP contribution in [0.1, 0.15) is 18.4 Å². The van der Waals surface area contributed by atoms with Gasteiger partial charge in [-0.25, -0.2) is 13.1 Å². The molecular formula is C17H20N2O3S. The van der Waals surface area contributed by atoms with Gasteiger partial charge in [-0.3, -0.25) is 4.98 Å². The van der Waals surface area contributed by atoms with Crippen LogP contribution in [0.25, 0.3) is 0 Å². The summed E-state index contributed by atoms with van der Waals surface area (Å²) in [6.45, 7) is 1.12. The number of aromatic nitrogens is 1. The molecule has 23 heavy (non-hydrogen) atoms.